The first-order valence-electron chi connectivity index (χ1n) is 7.85. The van der Waals surface area contributed by atoms with Gasteiger partial charge in [-0.05, 0) is 12.3 Å². The van der Waals surface area contributed by atoms with Crippen molar-refractivity contribution in [3.63, 3.8) is 0 Å². The molecule has 0 aromatic heterocycles. The minimum absolute atomic E-state index is 0.679. The monoisotopic (exact) mass is 242 g/mol. The minimum atomic E-state index is 0.679. The van der Waals surface area contributed by atoms with Crippen LogP contribution in [0.15, 0.2) is 0 Å². The normalized spacial score (nSPS) is 11.3. The zero-order chi connectivity index (χ0) is 12.8. The highest BCUT2D eigenvalue weighted by atomic mass is 16.5. The average Bonchev–Trinajstić information content (AvgIpc) is 2.30. The Labute approximate surface area is 109 Å². The van der Waals surface area contributed by atoms with Gasteiger partial charge in [-0.25, -0.2) is 0 Å². The van der Waals surface area contributed by atoms with Crippen molar-refractivity contribution in [2.75, 3.05) is 13.2 Å². The first kappa shape index (κ1) is 17.0. The van der Waals surface area contributed by atoms with Crippen molar-refractivity contribution in [1.82, 2.24) is 0 Å². The Morgan fingerprint density at radius 3 is 1.65 bits per heavy atom. The third kappa shape index (κ3) is 16.0. The van der Waals surface area contributed by atoms with Gasteiger partial charge < -0.3 is 4.74 Å². The molecule has 0 radical (unpaired) electrons. The molecule has 1 nitrogen and oxygen atoms in total. The predicted octanol–water partition coefficient (Wildman–Crippen LogP) is 5.58. The molecule has 0 bridgehead atoms. The van der Waals surface area contributed by atoms with Crippen molar-refractivity contribution < 1.29 is 4.74 Å². The number of hydrogen-bond donors (Lipinski definition) is 0. The highest BCUT2D eigenvalue weighted by Gasteiger charge is 1.95. The van der Waals surface area contributed by atoms with Gasteiger partial charge in [0.25, 0.3) is 0 Å². The maximum absolute atomic E-state index is 5.57. The highest BCUT2D eigenvalue weighted by Crippen LogP contribution is 2.10. The van der Waals surface area contributed by atoms with Crippen molar-refractivity contribution in [2.45, 2.75) is 85.0 Å². The van der Waals surface area contributed by atoms with Gasteiger partial charge >= 0.3 is 0 Å². The van der Waals surface area contributed by atoms with E-state index in [1.807, 2.05) is 0 Å². The van der Waals surface area contributed by atoms with Crippen LogP contribution < -0.4 is 0 Å². The number of ether oxygens (including phenoxy) is 1. The highest BCUT2D eigenvalue weighted by molar-refractivity contribution is 4.47. The van der Waals surface area contributed by atoms with Crippen molar-refractivity contribution >= 4 is 0 Å². The Hall–Kier alpha value is -0.0400. The third-order valence-corrected chi connectivity index (χ3v) is 3.09. The maximum atomic E-state index is 5.57. The van der Waals surface area contributed by atoms with Gasteiger partial charge in [0, 0.05) is 13.2 Å². The SMILES string of the molecule is CCCCCCCCCCCCOCC(C)C. The summed E-state index contributed by atoms with van der Waals surface area (Å²) >= 11 is 0. The zero-order valence-electron chi connectivity index (χ0n) is 12.5. The fourth-order valence-corrected chi connectivity index (χ4v) is 2.01. The summed E-state index contributed by atoms with van der Waals surface area (Å²) in [7, 11) is 0. The summed E-state index contributed by atoms with van der Waals surface area (Å²) in [5, 5.41) is 0. The van der Waals surface area contributed by atoms with E-state index >= 15 is 0 Å². The molecule has 0 unspecified atom stereocenters. The summed E-state index contributed by atoms with van der Waals surface area (Å²) in [6.07, 6.45) is 14.0. The molecule has 0 aliphatic heterocycles. The Balaban J connectivity index is 2.89. The Kier molecular flexibility index (Phi) is 14.0. The third-order valence-electron chi connectivity index (χ3n) is 3.09. The second kappa shape index (κ2) is 14.0. The molecule has 0 saturated carbocycles. The molecule has 17 heavy (non-hydrogen) atoms. The second-order valence-electron chi connectivity index (χ2n) is 5.65. The molecule has 0 amide bonds. The van der Waals surface area contributed by atoms with E-state index in [0.29, 0.717) is 5.92 Å². The van der Waals surface area contributed by atoms with Crippen LogP contribution in [0.5, 0.6) is 0 Å². The van der Waals surface area contributed by atoms with E-state index in [9.17, 15) is 0 Å². The second-order valence-corrected chi connectivity index (χ2v) is 5.65. The van der Waals surface area contributed by atoms with Gasteiger partial charge in [-0.2, -0.15) is 0 Å². The summed E-state index contributed by atoms with van der Waals surface area (Å²) in [6.45, 7) is 8.59. The van der Waals surface area contributed by atoms with Crippen molar-refractivity contribution in [1.29, 1.82) is 0 Å². The Morgan fingerprint density at radius 1 is 0.706 bits per heavy atom. The lowest BCUT2D eigenvalue weighted by atomic mass is 10.1. The van der Waals surface area contributed by atoms with Gasteiger partial charge in [-0.15, -0.1) is 0 Å². The topological polar surface area (TPSA) is 9.23 Å². The van der Waals surface area contributed by atoms with Gasteiger partial charge in [0.2, 0.25) is 0 Å². The summed E-state index contributed by atoms with van der Waals surface area (Å²) in [5.74, 6) is 0.679. The van der Waals surface area contributed by atoms with E-state index in [1.54, 1.807) is 0 Å². The molecule has 1 heteroatoms. The molecule has 0 aliphatic rings. The fraction of sp³-hybridized carbons (Fsp3) is 1.00. The molecule has 0 fully saturated rings. The van der Waals surface area contributed by atoms with E-state index in [4.69, 9.17) is 4.74 Å². The molecule has 0 aromatic carbocycles. The number of rotatable bonds is 13. The van der Waals surface area contributed by atoms with Crippen LogP contribution in [0.3, 0.4) is 0 Å². The van der Waals surface area contributed by atoms with Gasteiger partial charge in [-0.1, -0.05) is 78.6 Å². The molecule has 0 aliphatic carbocycles. The van der Waals surface area contributed by atoms with Gasteiger partial charge in [-0.3, -0.25) is 0 Å². The molecule has 0 saturated heterocycles. The molecule has 0 aromatic rings. The van der Waals surface area contributed by atoms with Crippen LogP contribution in [0.25, 0.3) is 0 Å². The maximum Gasteiger partial charge on any atom is 0.0488 e. The van der Waals surface area contributed by atoms with Gasteiger partial charge in [0.15, 0.2) is 0 Å². The van der Waals surface area contributed by atoms with Crippen LogP contribution in [-0.2, 0) is 4.74 Å². The number of unbranched alkanes of at least 4 members (excludes halogenated alkanes) is 9. The fourth-order valence-electron chi connectivity index (χ4n) is 2.01. The van der Waals surface area contributed by atoms with Gasteiger partial charge in [0.1, 0.15) is 0 Å². The summed E-state index contributed by atoms with van der Waals surface area (Å²) < 4.78 is 5.57. The van der Waals surface area contributed by atoms with Crippen molar-refractivity contribution in [3.05, 3.63) is 0 Å². The largest absolute Gasteiger partial charge is 0.381 e. The molecule has 0 rings (SSSR count). The lowest BCUT2D eigenvalue weighted by molar-refractivity contribution is 0.106. The molecule has 0 atom stereocenters. The first-order valence-corrected chi connectivity index (χ1v) is 7.85. The van der Waals surface area contributed by atoms with E-state index < -0.39 is 0 Å². The van der Waals surface area contributed by atoms with E-state index in [0.717, 1.165) is 13.2 Å². The standard InChI is InChI=1S/C16H34O/c1-4-5-6-7-8-9-10-11-12-13-14-17-15-16(2)3/h16H,4-15H2,1-3H3. The van der Waals surface area contributed by atoms with Crippen molar-refractivity contribution in [3.8, 4) is 0 Å². The Morgan fingerprint density at radius 2 is 1.18 bits per heavy atom. The van der Waals surface area contributed by atoms with Crippen molar-refractivity contribution in [2.24, 2.45) is 5.92 Å². The summed E-state index contributed by atoms with van der Waals surface area (Å²) in [5.41, 5.74) is 0. The molecular weight excluding hydrogens is 208 g/mol. The molecule has 0 spiro atoms. The average molecular weight is 242 g/mol. The van der Waals surface area contributed by atoms with Crippen LogP contribution in [0, 0.1) is 5.92 Å². The molecule has 104 valence electrons. The smallest absolute Gasteiger partial charge is 0.0488 e. The van der Waals surface area contributed by atoms with Crippen LogP contribution in [-0.4, -0.2) is 13.2 Å². The summed E-state index contributed by atoms with van der Waals surface area (Å²) in [6, 6.07) is 0. The summed E-state index contributed by atoms with van der Waals surface area (Å²) in [4.78, 5) is 0. The Bertz CT molecular complexity index is 131. The van der Waals surface area contributed by atoms with Crippen LogP contribution in [0.4, 0.5) is 0 Å². The number of hydrogen-bond acceptors (Lipinski definition) is 1. The van der Waals surface area contributed by atoms with Crippen LogP contribution >= 0.6 is 0 Å². The van der Waals surface area contributed by atoms with Gasteiger partial charge in [0.05, 0.1) is 0 Å². The zero-order valence-corrected chi connectivity index (χ0v) is 12.5. The molecule has 0 heterocycles. The molecular formula is C16H34O. The molecule has 0 N–H and O–H groups in total. The van der Waals surface area contributed by atoms with E-state index in [2.05, 4.69) is 20.8 Å². The van der Waals surface area contributed by atoms with E-state index in [-0.39, 0.29) is 0 Å². The lowest BCUT2D eigenvalue weighted by Gasteiger charge is -2.06. The minimum Gasteiger partial charge on any atom is -0.381 e. The first-order chi connectivity index (χ1) is 8.27. The lowest BCUT2D eigenvalue weighted by Crippen LogP contribution is -2.02. The quantitative estimate of drug-likeness (QED) is 0.383. The van der Waals surface area contributed by atoms with E-state index in [1.165, 1.54) is 64.2 Å². The predicted molar refractivity (Wildman–Crippen MR) is 77.5 cm³/mol. The van der Waals surface area contributed by atoms with Crippen LogP contribution in [0.2, 0.25) is 0 Å². The van der Waals surface area contributed by atoms with Crippen LogP contribution in [0.1, 0.15) is 85.0 Å².